The fraction of sp³-hybridized carbons (Fsp3) is 0.931. The summed E-state index contributed by atoms with van der Waals surface area (Å²) in [5.41, 5.74) is 2.60. The lowest BCUT2D eigenvalue weighted by atomic mass is 9.47. The van der Waals surface area contributed by atoms with Crippen LogP contribution in [0.5, 0.6) is 0 Å². The molecule has 3 saturated carbocycles. The molecule has 0 radical (unpaired) electrons. The third-order valence-corrected chi connectivity index (χ3v) is 10.3. The molecule has 0 aliphatic heterocycles. The highest BCUT2D eigenvalue weighted by Crippen LogP contribution is 2.67. The van der Waals surface area contributed by atoms with Crippen LogP contribution in [0.3, 0.4) is 0 Å². The van der Waals surface area contributed by atoms with Gasteiger partial charge >= 0.3 is 0 Å². The van der Waals surface area contributed by atoms with Crippen molar-refractivity contribution in [1.29, 1.82) is 0 Å². The molecule has 2 heteroatoms. The van der Waals surface area contributed by atoms with Gasteiger partial charge in [0.25, 0.3) is 0 Å². The molecule has 180 valence electrons. The van der Waals surface area contributed by atoms with Gasteiger partial charge in [-0.3, -0.25) is 0 Å². The normalized spacial score (nSPS) is 42.6. The zero-order valence-electron chi connectivity index (χ0n) is 21.8. The van der Waals surface area contributed by atoms with Crippen LogP contribution in [0, 0.1) is 46.3 Å². The van der Waals surface area contributed by atoms with Crippen LogP contribution in [0.2, 0.25) is 0 Å². The van der Waals surface area contributed by atoms with Gasteiger partial charge in [-0.05, 0) is 97.7 Å². The molecule has 4 aliphatic rings. The van der Waals surface area contributed by atoms with Crippen molar-refractivity contribution in [1.82, 2.24) is 0 Å². The highest BCUT2D eigenvalue weighted by molar-refractivity contribution is 5.25. The molecule has 0 aromatic carbocycles. The topological polar surface area (TPSA) is 29.5 Å². The molecule has 8 atom stereocenters. The molecular formula is C29H52O2. The van der Waals surface area contributed by atoms with E-state index in [1.807, 2.05) is 0 Å². The van der Waals surface area contributed by atoms with E-state index >= 15 is 0 Å². The van der Waals surface area contributed by atoms with Crippen molar-refractivity contribution in [2.24, 2.45) is 46.3 Å². The van der Waals surface area contributed by atoms with E-state index in [1.165, 1.54) is 57.8 Å². The summed E-state index contributed by atoms with van der Waals surface area (Å²) in [5.74, 6) is 5.46. The Balaban J connectivity index is 0.000000858. The number of fused-ring (bicyclic) bond motifs is 5. The van der Waals surface area contributed by atoms with Crippen LogP contribution in [0.25, 0.3) is 0 Å². The van der Waals surface area contributed by atoms with Gasteiger partial charge in [0.1, 0.15) is 0 Å². The Morgan fingerprint density at radius 2 is 1.71 bits per heavy atom. The van der Waals surface area contributed by atoms with E-state index in [0.29, 0.717) is 10.8 Å². The van der Waals surface area contributed by atoms with Gasteiger partial charge in [-0.1, -0.05) is 65.5 Å². The molecular weight excluding hydrogens is 380 g/mol. The second-order valence-corrected chi connectivity index (χ2v) is 12.6. The minimum Gasteiger partial charge on any atom is -0.393 e. The van der Waals surface area contributed by atoms with Gasteiger partial charge in [-0.25, -0.2) is 0 Å². The molecule has 31 heavy (non-hydrogen) atoms. The second-order valence-electron chi connectivity index (χ2n) is 12.6. The Morgan fingerprint density at radius 1 is 1.00 bits per heavy atom. The van der Waals surface area contributed by atoms with E-state index in [9.17, 15) is 5.11 Å². The molecule has 2 nitrogen and oxygen atoms in total. The SMILES string of the molecule is CC(C)CCC[C@@H](C)[C@H]1CC[C@H]2[C@@H]3CC=C4C[C@H](O)CC[C@]4(C)[C@H]3CC[C@]12C.COC. The summed E-state index contributed by atoms with van der Waals surface area (Å²) in [7, 11) is 3.25. The molecule has 4 rings (SSSR count). The number of hydrogen-bond acceptors (Lipinski definition) is 2. The maximum atomic E-state index is 10.2. The smallest absolute Gasteiger partial charge is 0.0577 e. The first-order valence-corrected chi connectivity index (χ1v) is 13.4. The van der Waals surface area contributed by atoms with Crippen molar-refractivity contribution in [2.75, 3.05) is 14.2 Å². The van der Waals surface area contributed by atoms with E-state index < -0.39 is 0 Å². The van der Waals surface area contributed by atoms with Gasteiger partial charge in [-0.2, -0.15) is 0 Å². The summed E-state index contributed by atoms with van der Waals surface area (Å²) in [5, 5.41) is 10.2. The molecule has 0 saturated heterocycles. The third-order valence-electron chi connectivity index (χ3n) is 10.3. The standard InChI is InChI=1S/C27H46O.C2H6O/c1-18(2)7-6-8-19(3)23-11-12-24-22-10-9-20-17-21(28)13-15-26(20,4)25(22)14-16-27(23,24)5;1-3-2/h9,18-19,21-25,28H,6-8,10-17H2,1-5H3;1-2H3/t19-,21-,22+,23-,24+,25+,26+,27-;/m1./s1. The largest absolute Gasteiger partial charge is 0.393 e. The Kier molecular flexibility index (Phi) is 8.39. The van der Waals surface area contributed by atoms with E-state index in [-0.39, 0.29) is 6.10 Å². The lowest BCUT2D eigenvalue weighted by Gasteiger charge is -2.58. The van der Waals surface area contributed by atoms with Gasteiger partial charge in [0, 0.05) is 14.2 Å². The molecule has 4 aliphatic carbocycles. The Bertz CT molecular complexity index is 610. The summed E-state index contributed by atoms with van der Waals surface area (Å²) < 4.78 is 4.25. The molecule has 0 amide bonds. The van der Waals surface area contributed by atoms with Crippen molar-refractivity contribution in [2.45, 2.75) is 111 Å². The maximum absolute atomic E-state index is 10.2. The number of ether oxygens (including phenoxy) is 1. The van der Waals surface area contributed by atoms with Crippen LogP contribution in [-0.2, 0) is 4.74 Å². The van der Waals surface area contributed by atoms with Gasteiger partial charge in [0.05, 0.1) is 6.10 Å². The Hall–Kier alpha value is -0.340. The summed E-state index contributed by atoms with van der Waals surface area (Å²) in [6.07, 6.45) is 17.2. The number of hydrogen-bond donors (Lipinski definition) is 1. The average molecular weight is 433 g/mol. The number of aliphatic hydroxyl groups excluding tert-OH is 1. The number of methoxy groups -OCH3 is 1. The van der Waals surface area contributed by atoms with Gasteiger partial charge in [0.15, 0.2) is 0 Å². The van der Waals surface area contributed by atoms with Crippen LogP contribution >= 0.6 is 0 Å². The number of allylic oxidation sites excluding steroid dienone is 1. The van der Waals surface area contributed by atoms with Crippen molar-refractivity contribution in [3.8, 4) is 0 Å². The predicted molar refractivity (Wildman–Crippen MR) is 132 cm³/mol. The van der Waals surface area contributed by atoms with Crippen LogP contribution < -0.4 is 0 Å². The van der Waals surface area contributed by atoms with Gasteiger partial charge < -0.3 is 9.84 Å². The fourth-order valence-electron chi connectivity index (χ4n) is 8.67. The Labute approximate surface area is 193 Å². The molecule has 0 aromatic heterocycles. The molecule has 0 spiro atoms. The average Bonchev–Trinajstić information content (AvgIpc) is 3.06. The molecule has 1 N–H and O–H groups in total. The summed E-state index contributed by atoms with van der Waals surface area (Å²) in [4.78, 5) is 0. The lowest BCUT2D eigenvalue weighted by molar-refractivity contribution is -0.0573. The third kappa shape index (κ3) is 4.96. The fourth-order valence-corrected chi connectivity index (χ4v) is 8.67. The highest BCUT2D eigenvalue weighted by atomic mass is 16.4. The predicted octanol–water partition coefficient (Wildman–Crippen LogP) is 7.65. The first kappa shape index (κ1) is 25.3. The summed E-state index contributed by atoms with van der Waals surface area (Å²) in [6.45, 7) is 12.6. The van der Waals surface area contributed by atoms with E-state index in [1.54, 1.807) is 19.8 Å². The molecule has 0 unspecified atom stereocenters. The van der Waals surface area contributed by atoms with E-state index in [2.05, 4.69) is 45.4 Å². The zero-order chi connectivity index (χ0) is 22.8. The molecule has 3 fully saturated rings. The Morgan fingerprint density at radius 3 is 2.39 bits per heavy atom. The molecule has 0 heterocycles. The van der Waals surface area contributed by atoms with Crippen LogP contribution in [0.4, 0.5) is 0 Å². The first-order valence-electron chi connectivity index (χ1n) is 13.4. The highest BCUT2D eigenvalue weighted by Gasteiger charge is 2.59. The van der Waals surface area contributed by atoms with E-state index in [0.717, 1.165) is 48.3 Å². The summed E-state index contributed by atoms with van der Waals surface area (Å²) in [6, 6.07) is 0. The van der Waals surface area contributed by atoms with Crippen molar-refractivity contribution >= 4 is 0 Å². The molecule has 0 aromatic rings. The van der Waals surface area contributed by atoms with Crippen LogP contribution in [0.15, 0.2) is 11.6 Å². The zero-order valence-corrected chi connectivity index (χ0v) is 21.8. The number of rotatable bonds is 5. The first-order chi connectivity index (χ1) is 14.7. The summed E-state index contributed by atoms with van der Waals surface area (Å²) >= 11 is 0. The van der Waals surface area contributed by atoms with Crippen molar-refractivity contribution < 1.29 is 9.84 Å². The van der Waals surface area contributed by atoms with Crippen LogP contribution in [-0.4, -0.2) is 25.4 Å². The quantitative estimate of drug-likeness (QED) is 0.452. The maximum Gasteiger partial charge on any atom is 0.0577 e. The van der Waals surface area contributed by atoms with Gasteiger partial charge in [0.2, 0.25) is 0 Å². The number of aliphatic hydroxyl groups is 1. The monoisotopic (exact) mass is 432 g/mol. The van der Waals surface area contributed by atoms with Crippen LogP contribution in [0.1, 0.15) is 105 Å². The van der Waals surface area contributed by atoms with Gasteiger partial charge in [-0.15, -0.1) is 0 Å². The van der Waals surface area contributed by atoms with Crippen molar-refractivity contribution in [3.05, 3.63) is 11.6 Å². The second kappa shape index (κ2) is 10.3. The molecule has 0 bridgehead atoms. The van der Waals surface area contributed by atoms with E-state index in [4.69, 9.17) is 0 Å². The van der Waals surface area contributed by atoms with Crippen molar-refractivity contribution in [3.63, 3.8) is 0 Å². The minimum absolute atomic E-state index is 0.0766. The lowest BCUT2D eigenvalue weighted by Crippen LogP contribution is -2.50. The minimum atomic E-state index is -0.0766.